The topological polar surface area (TPSA) is 101 Å². The number of nitrogens with one attached hydrogen (secondary N) is 1. The first-order chi connectivity index (χ1) is 7.77. The van der Waals surface area contributed by atoms with E-state index in [1.54, 1.807) is 0 Å². The lowest BCUT2D eigenvalue weighted by Gasteiger charge is -2.32. The molecule has 1 saturated heterocycles. The molecule has 1 amide bonds. The average Bonchev–Trinajstić information content (AvgIpc) is 2.70. The molecule has 0 radical (unpaired) electrons. The summed E-state index contributed by atoms with van der Waals surface area (Å²) >= 11 is 0. The van der Waals surface area contributed by atoms with E-state index in [1.807, 2.05) is 0 Å². The molecule has 0 aromatic carbocycles. The summed E-state index contributed by atoms with van der Waals surface area (Å²) in [7, 11) is -3.34. The Morgan fingerprint density at radius 3 is 2.71 bits per heavy atom. The van der Waals surface area contributed by atoms with Crippen molar-refractivity contribution in [3.05, 3.63) is 0 Å². The van der Waals surface area contributed by atoms with Gasteiger partial charge >= 0.3 is 5.97 Å². The standard InChI is InChI=1S/C10H15NO5S/c1-17(15,16)6-3-2-4-10(6)5-7(12)11-8(10)9(13)14/h6,8H,2-5H2,1H3,(H,11,12)(H,13,14). The van der Waals surface area contributed by atoms with Gasteiger partial charge in [-0.3, -0.25) is 4.79 Å². The lowest BCUT2D eigenvalue weighted by atomic mass is 9.78. The van der Waals surface area contributed by atoms with E-state index in [0.29, 0.717) is 19.3 Å². The highest BCUT2D eigenvalue weighted by Gasteiger charge is 2.60. The second kappa shape index (κ2) is 3.69. The molecule has 0 aromatic heterocycles. The monoisotopic (exact) mass is 261 g/mol. The molecule has 1 saturated carbocycles. The van der Waals surface area contributed by atoms with Crippen LogP contribution in [0.25, 0.3) is 0 Å². The highest BCUT2D eigenvalue weighted by atomic mass is 32.2. The number of carboxylic acid groups (broad SMARTS) is 1. The van der Waals surface area contributed by atoms with Gasteiger partial charge in [0.2, 0.25) is 5.91 Å². The van der Waals surface area contributed by atoms with E-state index in [2.05, 4.69) is 5.32 Å². The van der Waals surface area contributed by atoms with Crippen molar-refractivity contribution in [2.24, 2.45) is 5.41 Å². The summed E-state index contributed by atoms with van der Waals surface area (Å²) in [5.74, 6) is -1.51. The van der Waals surface area contributed by atoms with Gasteiger partial charge < -0.3 is 10.4 Å². The van der Waals surface area contributed by atoms with Crippen LogP contribution in [0.5, 0.6) is 0 Å². The fraction of sp³-hybridized carbons (Fsp3) is 0.800. The zero-order valence-corrected chi connectivity index (χ0v) is 10.3. The van der Waals surface area contributed by atoms with E-state index in [-0.39, 0.29) is 12.3 Å². The van der Waals surface area contributed by atoms with Crippen molar-refractivity contribution in [1.29, 1.82) is 0 Å². The van der Waals surface area contributed by atoms with Gasteiger partial charge in [-0.05, 0) is 12.8 Å². The number of rotatable bonds is 2. The number of carboxylic acids is 1. The molecule has 3 atom stereocenters. The molecule has 3 unspecified atom stereocenters. The first-order valence-electron chi connectivity index (χ1n) is 5.48. The van der Waals surface area contributed by atoms with E-state index < -0.39 is 32.5 Å². The fourth-order valence-electron chi connectivity index (χ4n) is 3.30. The maximum absolute atomic E-state index is 11.7. The van der Waals surface area contributed by atoms with Crippen molar-refractivity contribution in [2.45, 2.75) is 37.0 Å². The van der Waals surface area contributed by atoms with Crippen LogP contribution >= 0.6 is 0 Å². The number of carbonyl (C=O) groups excluding carboxylic acids is 1. The third-order valence-corrected chi connectivity index (χ3v) is 5.62. The predicted octanol–water partition coefficient (Wildman–Crippen LogP) is -0.457. The molecule has 17 heavy (non-hydrogen) atoms. The molecular weight excluding hydrogens is 246 g/mol. The minimum Gasteiger partial charge on any atom is -0.480 e. The first-order valence-corrected chi connectivity index (χ1v) is 7.44. The highest BCUT2D eigenvalue weighted by molar-refractivity contribution is 7.91. The van der Waals surface area contributed by atoms with Gasteiger partial charge in [-0.2, -0.15) is 0 Å². The summed E-state index contributed by atoms with van der Waals surface area (Å²) in [4.78, 5) is 22.6. The third-order valence-electron chi connectivity index (χ3n) is 3.88. The Kier molecular flexibility index (Phi) is 2.68. The maximum atomic E-state index is 11.7. The van der Waals surface area contributed by atoms with Gasteiger partial charge in [0.25, 0.3) is 0 Å². The Morgan fingerprint density at radius 2 is 2.18 bits per heavy atom. The number of amides is 1. The lowest BCUT2D eigenvalue weighted by Crippen LogP contribution is -2.49. The second-order valence-electron chi connectivity index (χ2n) is 4.96. The highest BCUT2D eigenvalue weighted by Crippen LogP contribution is 2.50. The maximum Gasteiger partial charge on any atom is 0.326 e. The molecule has 96 valence electrons. The Morgan fingerprint density at radius 1 is 1.53 bits per heavy atom. The number of hydrogen-bond donors (Lipinski definition) is 2. The van der Waals surface area contributed by atoms with Gasteiger partial charge in [-0.15, -0.1) is 0 Å². The van der Waals surface area contributed by atoms with Crippen LogP contribution in [0.4, 0.5) is 0 Å². The largest absolute Gasteiger partial charge is 0.480 e. The molecule has 1 aliphatic carbocycles. The Hall–Kier alpha value is -1.11. The smallest absolute Gasteiger partial charge is 0.326 e. The number of hydrogen-bond acceptors (Lipinski definition) is 4. The van der Waals surface area contributed by atoms with E-state index in [0.717, 1.165) is 6.26 Å². The minimum absolute atomic E-state index is 0.00169. The molecular formula is C10H15NO5S. The Bertz CT molecular complexity index is 471. The van der Waals surface area contributed by atoms with Crippen molar-refractivity contribution >= 4 is 21.7 Å². The van der Waals surface area contributed by atoms with Crippen molar-refractivity contribution in [3.8, 4) is 0 Å². The van der Waals surface area contributed by atoms with Crippen LogP contribution in [-0.4, -0.2) is 42.9 Å². The van der Waals surface area contributed by atoms with Crippen LogP contribution < -0.4 is 5.32 Å². The van der Waals surface area contributed by atoms with Crippen LogP contribution in [0.15, 0.2) is 0 Å². The van der Waals surface area contributed by atoms with Crippen molar-refractivity contribution in [2.75, 3.05) is 6.26 Å². The van der Waals surface area contributed by atoms with Crippen LogP contribution in [-0.2, 0) is 19.4 Å². The molecule has 1 heterocycles. The lowest BCUT2D eigenvalue weighted by molar-refractivity contribution is -0.142. The summed E-state index contributed by atoms with van der Waals surface area (Å²) in [6.07, 6.45) is 2.68. The zero-order valence-electron chi connectivity index (χ0n) is 9.47. The van der Waals surface area contributed by atoms with Crippen molar-refractivity contribution in [3.63, 3.8) is 0 Å². The summed E-state index contributed by atoms with van der Waals surface area (Å²) < 4.78 is 23.5. The Labute approximate surface area is 99.3 Å². The van der Waals surface area contributed by atoms with Crippen LogP contribution in [0.3, 0.4) is 0 Å². The number of sulfone groups is 1. The van der Waals surface area contributed by atoms with Crippen molar-refractivity contribution in [1.82, 2.24) is 5.32 Å². The van der Waals surface area contributed by atoms with E-state index in [9.17, 15) is 18.0 Å². The number of carbonyl (C=O) groups is 2. The molecule has 0 bridgehead atoms. The first kappa shape index (κ1) is 12.3. The molecule has 2 aliphatic rings. The van der Waals surface area contributed by atoms with E-state index in [4.69, 9.17) is 5.11 Å². The summed E-state index contributed by atoms with van der Waals surface area (Å²) in [5.41, 5.74) is -0.948. The minimum atomic E-state index is -3.34. The molecule has 2 fully saturated rings. The Balaban J connectivity index is 2.46. The van der Waals surface area contributed by atoms with Gasteiger partial charge in [0.15, 0.2) is 9.84 Å². The van der Waals surface area contributed by atoms with Gasteiger partial charge in [0.05, 0.1) is 5.25 Å². The molecule has 1 spiro atoms. The predicted molar refractivity (Wildman–Crippen MR) is 59.1 cm³/mol. The molecule has 6 nitrogen and oxygen atoms in total. The zero-order chi connectivity index (χ0) is 12.8. The SMILES string of the molecule is CS(=O)(=O)C1CCCC12CC(=O)NC2C(=O)O. The van der Waals surface area contributed by atoms with E-state index >= 15 is 0 Å². The van der Waals surface area contributed by atoms with E-state index in [1.165, 1.54) is 0 Å². The van der Waals surface area contributed by atoms with Crippen LogP contribution in [0.1, 0.15) is 25.7 Å². The summed E-state index contributed by atoms with van der Waals surface area (Å²) in [6, 6.07) is -1.07. The average molecular weight is 261 g/mol. The fourth-order valence-corrected chi connectivity index (χ4v) is 5.09. The summed E-state index contributed by atoms with van der Waals surface area (Å²) in [5, 5.41) is 10.8. The van der Waals surface area contributed by atoms with Crippen molar-refractivity contribution < 1.29 is 23.1 Å². The quantitative estimate of drug-likeness (QED) is 0.700. The molecule has 7 heteroatoms. The second-order valence-corrected chi connectivity index (χ2v) is 7.19. The third kappa shape index (κ3) is 1.82. The number of aliphatic carboxylic acids is 1. The van der Waals surface area contributed by atoms with Gasteiger partial charge in [0, 0.05) is 18.1 Å². The molecule has 1 aliphatic heterocycles. The normalized spacial score (nSPS) is 37.4. The van der Waals surface area contributed by atoms with Gasteiger partial charge in [-0.25, -0.2) is 13.2 Å². The molecule has 0 aromatic rings. The molecule has 2 N–H and O–H groups in total. The van der Waals surface area contributed by atoms with Crippen LogP contribution in [0.2, 0.25) is 0 Å². The van der Waals surface area contributed by atoms with Crippen LogP contribution in [0, 0.1) is 5.41 Å². The van der Waals surface area contributed by atoms with Gasteiger partial charge in [0.1, 0.15) is 6.04 Å². The van der Waals surface area contributed by atoms with Gasteiger partial charge in [-0.1, -0.05) is 6.42 Å². The molecule has 2 rings (SSSR count). The summed E-state index contributed by atoms with van der Waals surface area (Å²) in [6.45, 7) is 0.